The fourth-order valence-electron chi connectivity index (χ4n) is 5.04. The highest BCUT2D eigenvalue weighted by molar-refractivity contribution is 5.93. The molecule has 1 amide bonds. The summed E-state index contributed by atoms with van der Waals surface area (Å²) >= 11 is 0. The number of carbonyl (C=O) groups is 1. The number of halogens is 3. The van der Waals surface area contributed by atoms with Gasteiger partial charge in [-0.2, -0.15) is 18.2 Å². The molecule has 184 valence electrons. The quantitative estimate of drug-likeness (QED) is 0.726. The Hall–Kier alpha value is -2.82. The second-order valence-corrected chi connectivity index (χ2v) is 9.15. The van der Waals surface area contributed by atoms with E-state index in [0.29, 0.717) is 57.3 Å². The molecule has 1 aromatic heterocycles. The summed E-state index contributed by atoms with van der Waals surface area (Å²) in [5, 5.41) is 0.198. The van der Waals surface area contributed by atoms with Crippen molar-refractivity contribution in [1.82, 2.24) is 14.9 Å². The molecule has 3 saturated heterocycles. The number of hydrogen-bond donors (Lipinski definition) is 1. The van der Waals surface area contributed by atoms with E-state index in [0.717, 1.165) is 38.2 Å². The summed E-state index contributed by atoms with van der Waals surface area (Å²) in [6, 6.07) is 2.58. The first-order valence-corrected chi connectivity index (χ1v) is 11.9. The number of nitrogen functional groups attached to an aromatic ring is 1. The maximum absolute atomic E-state index is 13.9. The van der Waals surface area contributed by atoms with Gasteiger partial charge in [0, 0.05) is 51.3 Å². The molecule has 3 aliphatic rings. The van der Waals surface area contributed by atoms with Crippen molar-refractivity contribution in [3.05, 3.63) is 17.7 Å². The van der Waals surface area contributed by atoms with Crippen molar-refractivity contribution in [2.45, 2.75) is 44.4 Å². The van der Waals surface area contributed by atoms with Crippen molar-refractivity contribution in [3.63, 3.8) is 0 Å². The number of amides is 1. The van der Waals surface area contributed by atoms with Crippen LogP contribution in [0.1, 0.15) is 37.7 Å². The van der Waals surface area contributed by atoms with Crippen LogP contribution in [0.5, 0.6) is 0 Å². The van der Waals surface area contributed by atoms with Gasteiger partial charge in [-0.15, -0.1) is 0 Å². The number of piperidine rings is 1. The van der Waals surface area contributed by atoms with Crippen LogP contribution in [0.15, 0.2) is 12.1 Å². The molecule has 3 aliphatic heterocycles. The van der Waals surface area contributed by atoms with Crippen LogP contribution in [0, 0.1) is 0 Å². The molecule has 2 aromatic rings. The molecular formula is C23H29F3N6O2. The third-order valence-electron chi connectivity index (χ3n) is 6.91. The van der Waals surface area contributed by atoms with Crippen molar-refractivity contribution >= 4 is 34.3 Å². The van der Waals surface area contributed by atoms with Gasteiger partial charge in [-0.25, -0.2) is 4.98 Å². The van der Waals surface area contributed by atoms with Crippen molar-refractivity contribution in [1.29, 1.82) is 0 Å². The number of rotatable bonds is 3. The van der Waals surface area contributed by atoms with E-state index in [1.54, 1.807) is 9.80 Å². The van der Waals surface area contributed by atoms with Gasteiger partial charge in [0.25, 0.3) is 5.91 Å². The monoisotopic (exact) mass is 478 g/mol. The third kappa shape index (κ3) is 4.45. The lowest BCUT2D eigenvalue weighted by Crippen LogP contribution is -2.51. The number of benzene rings is 1. The summed E-state index contributed by atoms with van der Waals surface area (Å²) in [5.41, 5.74) is 5.97. The van der Waals surface area contributed by atoms with Crippen LogP contribution in [-0.4, -0.2) is 72.8 Å². The maximum Gasteiger partial charge on any atom is 0.418 e. The minimum Gasteiger partial charge on any atom is -0.383 e. The molecular weight excluding hydrogens is 449 g/mol. The zero-order valence-electron chi connectivity index (χ0n) is 19.0. The number of nitrogens with zero attached hydrogens (tertiary/aromatic N) is 5. The molecule has 0 radical (unpaired) electrons. The van der Waals surface area contributed by atoms with Crippen LogP contribution in [0.4, 0.5) is 30.6 Å². The molecule has 1 unspecified atom stereocenters. The van der Waals surface area contributed by atoms with Crippen molar-refractivity contribution in [3.8, 4) is 0 Å². The van der Waals surface area contributed by atoms with Crippen LogP contribution < -0.4 is 15.5 Å². The summed E-state index contributed by atoms with van der Waals surface area (Å²) < 4.78 is 47.2. The Morgan fingerprint density at radius 2 is 1.71 bits per heavy atom. The second-order valence-electron chi connectivity index (χ2n) is 9.15. The largest absolute Gasteiger partial charge is 0.418 e. The van der Waals surface area contributed by atoms with Gasteiger partial charge in [0.2, 0.25) is 5.95 Å². The number of ether oxygens (including phenoxy) is 1. The zero-order valence-corrected chi connectivity index (χ0v) is 19.0. The first-order valence-electron chi connectivity index (χ1n) is 11.9. The fourth-order valence-corrected chi connectivity index (χ4v) is 5.04. The number of hydrogen-bond acceptors (Lipinski definition) is 7. The number of alkyl halides is 3. The Labute approximate surface area is 195 Å². The summed E-state index contributed by atoms with van der Waals surface area (Å²) in [5.74, 6) is 0.411. The Morgan fingerprint density at radius 3 is 2.35 bits per heavy atom. The average molecular weight is 479 g/mol. The van der Waals surface area contributed by atoms with Gasteiger partial charge in [0.15, 0.2) is 0 Å². The van der Waals surface area contributed by atoms with Gasteiger partial charge in [-0.1, -0.05) is 0 Å². The lowest BCUT2D eigenvalue weighted by atomic mass is 10.0. The normalized spacial score (nSPS) is 22.0. The average Bonchev–Trinajstić information content (AvgIpc) is 3.38. The van der Waals surface area contributed by atoms with Crippen LogP contribution in [-0.2, 0) is 15.7 Å². The standard InChI is InChI=1S/C23H29F3N6O2/c24-23(25,26)16-13-15-17(14-18(16)30-6-2-1-3-7-30)28-22(29-20(15)27)32-10-8-31(9-11-32)21(33)19-5-4-12-34-19/h13-14,19H,1-12H2,(H2,27,28,29). The molecule has 5 rings (SSSR count). The van der Waals surface area contributed by atoms with E-state index in [4.69, 9.17) is 10.5 Å². The van der Waals surface area contributed by atoms with Gasteiger partial charge in [-0.3, -0.25) is 4.79 Å². The molecule has 1 atom stereocenters. The fraction of sp³-hybridized carbons (Fsp3) is 0.609. The van der Waals surface area contributed by atoms with E-state index < -0.39 is 11.7 Å². The Bertz CT molecular complexity index is 1060. The summed E-state index contributed by atoms with van der Waals surface area (Å²) in [6.45, 7) is 3.84. The van der Waals surface area contributed by atoms with Gasteiger partial charge < -0.3 is 25.2 Å². The number of nitrogens with two attached hydrogens (primary N) is 1. The predicted molar refractivity (Wildman–Crippen MR) is 123 cm³/mol. The van der Waals surface area contributed by atoms with E-state index >= 15 is 0 Å². The zero-order chi connectivity index (χ0) is 23.9. The van der Waals surface area contributed by atoms with Crippen LogP contribution >= 0.6 is 0 Å². The van der Waals surface area contributed by atoms with E-state index in [1.165, 1.54) is 6.07 Å². The summed E-state index contributed by atoms with van der Waals surface area (Å²) in [6.07, 6.45) is -0.457. The van der Waals surface area contributed by atoms with Gasteiger partial charge in [-0.05, 0) is 44.2 Å². The van der Waals surface area contributed by atoms with E-state index in [1.807, 2.05) is 4.90 Å². The molecule has 8 nitrogen and oxygen atoms in total. The van der Waals surface area contributed by atoms with Gasteiger partial charge in [0.05, 0.1) is 16.8 Å². The van der Waals surface area contributed by atoms with Crippen molar-refractivity contribution < 1.29 is 22.7 Å². The van der Waals surface area contributed by atoms with Gasteiger partial charge in [0.1, 0.15) is 11.9 Å². The SMILES string of the molecule is Nc1nc(N2CCN(C(=O)C3CCCO3)CC2)nc2cc(N3CCCCC3)c(C(F)(F)F)cc12. The number of fused-ring (bicyclic) bond motifs is 1. The highest BCUT2D eigenvalue weighted by atomic mass is 19.4. The van der Waals surface area contributed by atoms with E-state index in [-0.39, 0.29) is 28.9 Å². The molecule has 2 N–H and O–H groups in total. The number of anilines is 3. The molecule has 0 bridgehead atoms. The number of carbonyl (C=O) groups excluding carboxylic acids is 1. The predicted octanol–water partition coefficient (Wildman–Crippen LogP) is 3.05. The highest BCUT2D eigenvalue weighted by Gasteiger charge is 2.36. The molecule has 4 heterocycles. The van der Waals surface area contributed by atoms with Gasteiger partial charge >= 0.3 is 6.18 Å². The lowest BCUT2D eigenvalue weighted by Gasteiger charge is -2.36. The third-order valence-corrected chi connectivity index (χ3v) is 6.91. The molecule has 11 heteroatoms. The van der Waals surface area contributed by atoms with Crippen LogP contribution in [0.25, 0.3) is 10.9 Å². The topological polar surface area (TPSA) is 87.8 Å². The molecule has 34 heavy (non-hydrogen) atoms. The van der Waals surface area contributed by atoms with Crippen LogP contribution in [0.2, 0.25) is 0 Å². The van der Waals surface area contributed by atoms with Crippen molar-refractivity contribution in [2.75, 3.05) is 61.4 Å². The Balaban J connectivity index is 1.41. The highest BCUT2D eigenvalue weighted by Crippen LogP contribution is 2.41. The number of aromatic nitrogens is 2. The Morgan fingerprint density at radius 1 is 0.971 bits per heavy atom. The minimum atomic E-state index is -4.50. The lowest BCUT2D eigenvalue weighted by molar-refractivity contribution is -0.141. The number of piperazine rings is 1. The maximum atomic E-state index is 13.9. The first-order chi connectivity index (χ1) is 16.3. The van der Waals surface area contributed by atoms with E-state index in [2.05, 4.69) is 9.97 Å². The smallest absolute Gasteiger partial charge is 0.383 e. The Kier molecular flexibility index (Phi) is 6.13. The molecule has 1 aromatic carbocycles. The van der Waals surface area contributed by atoms with Crippen molar-refractivity contribution in [2.24, 2.45) is 0 Å². The summed E-state index contributed by atoms with van der Waals surface area (Å²) in [7, 11) is 0. The van der Waals surface area contributed by atoms with Crippen LogP contribution in [0.3, 0.4) is 0 Å². The minimum absolute atomic E-state index is 0.0157. The molecule has 0 spiro atoms. The van der Waals surface area contributed by atoms with E-state index in [9.17, 15) is 18.0 Å². The summed E-state index contributed by atoms with van der Waals surface area (Å²) in [4.78, 5) is 27.0. The molecule has 0 aliphatic carbocycles. The molecule has 0 saturated carbocycles. The second kappa shape index (κ2) is 9.09. The molecule has 3 fully saturated rings. The first kappa shape index (κ1) is 22.9.